The minimum absolute atomic E-state index is 0.795. The summed E-state index contributed by atoms with van der Waals surface area (Å²) in [5.74, 6) is 0. The normalized spacial score (nSPS) is 11.1. The number of hydrogen-bond acceptors (Lipinski definition) is 1. The third-order valence-electron chi connectivity index (χ3n) is 2.45. The lowest BCUT2D eigenvalue weighted by Gasteiger charge is -2.04. The average Bonchev–Trinajstić information content (AvgIpc) is 2.31. The van der Waals surface area contributed by atoms with E-state index in [1.807, 2.05) is 12.2 Å². The molecule has 0 aromatic carbocycles. The van der Waals surface area contributed by atoms with Crippen molar-refractivity contribution in [2.45, 2.75) is 52.4 Å². The van der Waals surface area contributed by atoms with Crippen LogP contribution in [0, 0.1) is 0 Å². The van der Waals surface area contributed by atoms with Crippen LogP contribution in [0.4, 0.5) is 0 Å². The third kappa shape index (κ3) is 9.45. The first-order valence-electron chi connectivity index (χ1n) is 6.31. The van der Waals surface area contributed by atoms with Gasteiger partial charge >= 0.3 is 0 Å². The topological polar surface area (TPSA) is 17.1 Å². The van der Waals surface area contributed by atoms with Gasteiger partial charge in [0, 0.05) is 0 Å². The van der Waals surface area contributed by atoms with Crippen LogP contribution >= 0.6 is 0 Å². The first kappa shape index (κ1) is 14.9. The van der Waals surface area contributed by atoms with Crippen LogP contribution in [0.25, 0.3) is 0 Å². The zero-order valence-corrected chi connectivity index (χ0v) is 10.6. The summed E-state index contributed by atoms with van der Waals surface area (Å²) in [6, 6.07) is 0. The largest absolute Gasteiger partial charge is 0.299 e. The average molecular weight is 220 g/mol. The molecule has 90 valence electrons. The molecule has 0 aliphatic carbocycles. The molecule has 0 aromatic heterocycles. The van der Waals surface area contributed by atoms with E-state index < -0.39 is 0 Å². The van der Waals surface area contributed by atoms with E-state index in [4.69, 9.17) is 0 Å². The summed E-state index contributed by atoms with van der Waals surface area (Å²) in [5, 5.41) is 0. The molecule has 0 saturated carbocycles. The monoisotopic (exact) mass is 220 g/mol. The molecule has 0 aliphatic heterocycles. The quantitative estimate of drug-likeness (QED) is 0.315. The van der Waals surface area contributed by atoms with E-state index in [-0.39, 0.29) is 0 Å². The molecule has 0 rings (SSSR count). The summed E-state index contributed by atoms with van der Waals surface area (Å²) in [4.78, 5) is 10.0. The van der Waals surface area contributed by atoms with Crippen molar-refractivity contribution in [2.24, 2.45) is 0 Å². The Morgan fingerprint density at radius 2 is 1.44 bits per heavy atom. The van der Waals surface area contributed by atoms with Crippen LogP contribution in [-0.4, -0.2) is 6.29 Å². The zero-order chi connectivity index (χ0) is 12.1. The van der Waals surface area contributed by atoms with Gasteiger partial charge in [-0.3, -0.25) is 4.79 Å². The van der Waals surface area contributed by atoms with Gasteiger partial charge in [0.25, 0.3) is 0 Å². The molecule has 0 unspecified atom stereocenters. The van der Waals surface area contributed by atoms with Gasteiger partial charge in [-0.05, 0) is 31.8 Å². The van der Waals surface area contributed by atoms with Crippen molar-refractivity contribution in [3.8, 4) is 0 Å². The minimum Gasteiger partial charge on any atom is -0.299 e. The number of carbonyl (C=O) groups excluding carboxylic acids is 1. The highest BCUT2D eigenvalue weighted by Crippen LogP contribution is 2.14. The van der Waals surface area contributed by atoms with Crippen molar-refractivity contribution in [1.29, 1.82) is 0 Å². The summed E-state index contributed by atoms with van der Waals surface area (Å²) in [7, 11) is 0. The van der Waals surface area contributed by atoms with E-state index in [2.05, 4.69) is 19.9 Å². The van der Waals surface area contributed by atoms with Gasteiger partial charge in [0.05, 0.1) is 0 Å². The smallest absolute Gasteiger partial charge is 0.142 e. The standard InChI is InChI=1S/C15H24O/c1-3-5-11-15(12-6-4-2)13-9-7-8-10-14-16/h7-10,13-14H,3-6,11-12H2,1-2H3. The molecular formula is C15H24O. The van der Waals surface area contributed by atoms with E-state index in [1.54, 1.807) is 6.08 Å². The molecule has 0 fully saturated rings. The Kier molecular flexibility index (Phi) is 11.1. The Morgan fingerprint density at radius 1 is 0.875 bits per heavy atom. The Bertz CT molecular complexity index is 236. The molecule has 1 heteroatoms. The fourth-order valence-corrected chi connectivity index (χ4v) is 1.46. The maximum atomic E-state index is 10.0. The molecule has 1 nitrogen and oxygen atoms in total. The van der Waals surface area contributed by atoms with Crippen molar-refractivity contribution >= 4 is 6.29 Å². The van der Waals surface area contributed by atoms with Crippen molar-refractivity contribution in [3.63, 3.8) is 0 Å². The van der Waals surface area contributed by atoms with Crippen molar-refractivity contribution in [2.75, 3.05) is 0 Å². The summed E-state index contributed by atoms with van der Waals surface area (Å²) in [6.45, 7) is 4.44. The molecule has 0 aliphatic rings. The van der Waals surface area contributed by atoms with Crippen LogP contribution in [0.2, 0.25) is 0 Å². The van der Waals surface area contributed by atoms with Gasteiger partial charge in [0.1, 0.15) is 6.29 Å². The van der Waals surface area contributed by atoms with Gasteiger partial charge in [0.15, 0.2) is 0 Å². The molecule has 0 atom stereocenters. The highest BCUT2D eigenvalue weighted by Gasteiger charge is 1.95. The Hall–Kier alpha value is -1.11. The SMILES string of the molecule is CCCCC(=CC=CC=CC=O)CCCC. The summed E-state index contributed by atoms with van der Waals surface area (Å²) < 4.78 is 0. The van der Waals surface area contributed by atoms with Crippen LogP contribution in [0.5, 0.6) is 0 Å². The van der Waals surface area contributed by atoms with Crippen LogP contribution in [0.1, 0.15) is 52.4 Å². The van der Waals surface area contributed by atoms with Gasteiger partial charge in [-0.1, -0.05) is 56.6 Å². The Labute approximate surface area is 99.9 Å². The lowest BCUT2D eigenvalue weighted by molar-refractivity contribution is -0.104. The molecule has 0 saturated heterocycles. The van der Waals surface area contributed by atoms with E-state index in [0.717, 1.165) is 6.29 Å². The third-order valence-corrected chi connectivity index (χ3v) is 2.45. The van der Waals surface area contributed by atoms with E-state index in [0.29, 0.717) is 0 Å². The maximum absolute atomic E-state index is 10.0. The number of unbranched alkanes of at least 4 members (excludes halogenated alkanes) is 2. The van der Waals surface area contributed by atoms with Crippen molar-refractivity contribution in [1.82, 2.24) is 0 Å². The number of rotatable bonds is 9. The molecular weight excluding hydrogens is 196 g/mol. The fraction of sp³-hybridized carbons (Fsp3) is 0.533. The Balaban J connectivity index is 4.12. The van der Waals surface area contributed by atoms with Crippen molar-refractivity contribution < 1.29 is 4.79 Å². The van der Waals surface area contributed by atoms with Crippen LogP contribution in [-0.2, 0) is 4.79 Å². The van der Waals surface area contributed by atoms with Gasteiger partial charge in [-0.25, -0.2) is 0 Å². The fourth-order valence-electron chi connectivity index (χ4n) is 1.46. The molecule has 0 spiro atoms. The minimum atomic E-state index is 0.795. The van der Waals surface area contributed by atoms with Gasteiger partial charge in [-0.15, -0.1) is 0 Å². The lowest BCUT2D eigenvalue weighted by atomic mass is 10.0. The van der Waals surface area contributed by atoms with Crippen LogP contribution in [0.15, 0.2) is 36.0 Å². The van der Waals surface area contributed by atoms with Crippen LogP contribution in [0.3, 0.4) is 0 Å². The highest BCUT2D eigenvalue weighted by atomic mass is 16.1. The molecule has 0 N–H and O–H groups in total. The van der Waals surface area contributed by atoms with Gasteiger partial charge < -0.3 is 0 Å². The van der Waals surface area contributed by atoms with E-state index >= 15 is 0 Å². The zero-order valence-electron chi connectivity index (χ0n) is 10.6. The number of carbonyl (C=O) groups is 1. The van der Waals surface area contributed by atoms with E-state index in [9.17, 15) is 4.79 Å². The summed E-state index contributed by atoms with van der Waals surface area (Å²) in [5.41, 5.74) is 1.53. The highest BCUT2D eigenvalue weighted by molar-refractivity contribution is 5.65. The van der Waals surface area contributed by atoms with Gasteiger partial charge in [0.2, 0.25) is 0 Å². The second kappa shape index (κ2) is 12.0. The number of allylic oxidation sites excluding steroid dienone is 6. The first-order valence-corrected chi connectivity index (χ1v) is 6.31. The second-order valence-electron chi connectivity index (χ2n) is 3.94. The molecule has 16 heavy (non-hydrogen) atoms. The first-order chi connectivity index (χ1) is 7.85. The van der Waals surface area contributed by atoms with Crippen LogP contribution < -0.4 is 0 Å². The predicted molar refractivity (Wildman–Crippen MR) is 71.5 cm³/mol. The molecule has 0 amide bonds. The summed E-state index contributed by atoms with van der Waals surface area (Å²) >= 11 is 0. The van der Waals surface area contributed by atoms with E-state index in [1.165, 1.54) is 50.2 Å². The molecule has 0 heterocycles. The molecule has 0 radical (unpaired) electrons. The Morgan fingerprint density at radius 3 is 1.94 bits per heavy atom. The maximum Gasteiger partial charge on any atom is 0.142 e. The lowest BCUT2D eigenvalue weighted by Crippen LogP contribution is -1.84. The van der Waals surface area contributed by atoms with Gasteiger partial charge in [-0.2, -0.15) is 0 Å². The predicted octanol–water partition coefficient (Wildman–Crippen LogP) is 4.60. The molecule has 0 bridgehead atoms. The second-order valence-corrected chi connectivity index (χ2v) is 3.94. The summed E-state index contributed by atoms with van der Waals surface area (Å²) in [6.07, 6.45) is 17.6. The van der Waals surface area contributed by atoms with Crippen molar-refractivity contribution in [3.05, 3.63) is 36.0 Å². The molecule has 0 aromatic rings. The number of aldehydes is 1. The number of hydrogen-bond donors (Lipinski definition) is 0.